The molecule has 0 unspecified atom stereocenters. The van der Waals surface area contributed by atoms with Gasteiger partial charge in [-0.2, -0.15) is 0 Å². The zero-order valence-electron chi connectivity index (χ0n) is 12.0. The first-order valence-corrected chi connectivity index (χ1v) is 8.83. The second-order valence-corrected chi connectivity index (χ2v) is 7.28. The van der Waals surface area contributed by atoms with Crippen molar-refractivity contribution >= 4 is 16.0 Å². The maximum absolute atomic E-state index is 11.7. The molecule has 116 valence electrons. The molecule has 20 heavy (non-hydrogen) atoms. The second-order valence-electron chi connectivity index (χ2n) is 5.19. The smallest absolute Gasteiger partial charge is 0.214 e. The summed E-state index contributed by atoms with van der Waals surface area (Å²) in [6, 6.07) is 0. The predicted octanol–water partition coefficient (Wildman–Crippen LogP) is -0.946. The van der Waals surface area contributed by atoms with Crippen LogP contribution in [0.15, 0.2) is 4.99 Å². The molecule has 2 saturated heterocycles. The summed E-state index contributed by atoms with van der Waals surface area (Å²) in [5.41, 5.74) is 0. The third-order valence-corrected chi connectivity index (χ3v) is 5.57. The van der Waals surface area contributed by atoms with Crippen LogP contribution in [0, 0.1) is 0 Å². The third kappa shape index (κ3) is 3.83. The van der Waals surface area contributed by atoms with E-state index >= 15 is 0 Å². The van der Waals surface area contributed by atoms with E-state index in [-0.39, 0.29) is 11.9 Å². The van der Waals surface area contributed by atoms with Gasteiger partial charge in [-0.1, -0.05) is 0 Å². The number of rotatable bonds is 4. The van der Waals surface area contributed by atoms with Gasteiger partial charge in [-0.05, 0) is 19.8 Å². The van der Waals surface area contributed by atoms with Gasteiger partial charge in [-0.25, -0.2) is 12.7 Å². The summed E-state index contributed by atoms with van der Waals surface area (Å²) in [6.45, 7) is 5.63. The van der Waals surface area contributed by atoms with E-state index in [0.29, 0.717) is 32.6 Å². The molecule has 2 heterocycles. The molecule has 0 aromatic heterocycles. The average molecular weight is 304 g/mol. The van der Waals surface area contributed by atoms with Crippen molar-refractivity contribution in [1.82, 2.24) is 14.5 Å². The Morgan fingerprint density at radius 1 is 1.45 bits per heavy atom. The Morgan fingerprint density at radius 2 is 2.25 bits per heavy atom. The number of guanidine groups is 1. The van der Waals surface area contributed by atoms with Gasteiger partial charge in [0.25, 0.3) is 0 Å². The molecule has 2 aliphatic heterocycles. The van der Waals surface area contributed by atoms with Crippen molar-refractivity contribution in [2.24, 2.45) is 4.99 Å². The second kappa shape index (κ2) is 6.73. The Morgan fingerprint density at radius 3 is 2.80 bits per heavy atom. The summed E-state index contributed by atoms with van der Waals surface area (Å²) in [5.74, 6) is 1.02. The van der Waals surface area contributed by atoms with Crippen LogP contribution in [-0.4, -0.2) is 79.8 Å². The number of hydrogen-bond acceptors (Lipinski definition) is 4. The number of aliphatic hydroxyl groups is 1. The van der Waals surface area contributed by atoms with E-state index in [4.69, 9.17) is 0 Å². The minimum Gasteiger partial charge on any atom is -0.391 e. The first kappa shape index (κ1) is 15.5. The van der Waals surface area contributed by atoms with Crippen molar-refractivity contribution in [3.63, 3.8) is 0 Å². The van der Waals surface area contributed by atoms with E-state index < -0.39 is 10.0 Å². The van der Waals surface area contributed by atoms with Crippen LogP contribution in [0.25, 0.3) is 0 Å². The largest absolute Gasteiger partial charge is 0.391 e. The number of hydrogen-bond donors (Lipinski definition) is 2. The van der Waals surface area contributed by atoms with E-state index in [1.54, 1.807) is 0 Å². The maximum atomic E-state index is 11.7. The first-order chi connectivity index (χ1) is 9.53. The van der Waals surface area contributed by atoms with Crippen molar-refractivity contribution in [3.05, 3.63) is 0 Å². The molecule has 2 fully saturated rings. The lowest BCUT2D eigenvalue weighted by Crippen LogP contribution is -2.41. The highest BCUT2D eigenvalue weighted by molar-refractivity contribution is 7.89. The molecule has 0 spiro atoms. The number of nitrogens with zero attached hydrogens (tertiary/aromatic N) is 3. The molecule has 7 nitrogen and oxygen atoms in total. The fraction of sp³-hybridized carbons (Fsp3) is 0.917. The van der Waals surface area contributed by atoms with Crippen LogP contribution in [0.1, 0.15) is 19.8 Å². The topological polar surface area (TPSA) is 85.2 Å². The summed E-state index contributed by atoms with van der Waals surface area (Å²) in [5, 5.41) is 12.8. The molecule has 2 aliphatic rings. The van der Waals surface area contributed by atoms with Crippen molar-refractivity contribution in [3.8, 4) is 0 Å². The molecule has 0 aromatic rings. The lowest BCUT2D eigenvalue weighted by atomic mass is 10.3. The molecule has 0 saturated carbocycles. The van der Waals surface area contributed by atoms with E-state index in [9.17, 15) is 13.5 Å². The van der Waals surface area contributed by atoms with Crippen LogP contribution in [0.3, 0.4) is 0 Å². The highest BCUT2D eigenvalue weighted by atomic mass is 32.2. The van der Waals surface area contributed by atoms with E-state index in [1.165, 1.54) is 4.31 Å². The zero-order chi connectivity index (χ0) is 14.6. The van der Waals surface area contributed by atoms with Crippen LogP contribution < -0.4 is 5.32 Å². The van der Waals surface area contributed by atoms with Crippen molar-refractivity contribution in [1.29, 1.82) is 0 Å². The highest BCUT2D eigenvalue weighted by Gasteiger charge is 2.27. The van der Waals surface area contributed by atoms with Crippen LogP contribution in [0.5, 0.6) is 0 Å². The fourth-order valence-electron chi connectivity index (χ4n) is 2.57. The monoisotopic (exact) mass is 304 g/mol. The number of likely N-dealkylation sites (tertiary alicyclic amines) is 1. The number of sulfonamides is 1. The average Bonchev–Trinajstić information content (AvgIpc) is 2.95. The van der Waals surface area contributed by atoms with Crippen molar-refractivity contribution < 1.29 is 13.5 Å². The quantitative estimate of drug-likeness (QED) is 0.517. The standard InChI is InChI=1S/C12H24N4O3S/c1-2-13-12(15-7-4-11(17)10-15)14-5-8-16-6-3-9-20(16,18)19/h11,17H,2-10H2,1H3,(H,13,14)/t11-/m1/s1. The van der Waals surface area contributed by atoms with Gasteiger partial charge >= 0.3 is 0 Å². The summed E-state index contributed by atoms with van der Waals surface area (Å²) in [4.78, 5) is 6.49. The van der Waals surface area contributed by atoms with Crippen molar-refractivity contribution in [2.45, 2.75) is 25.9 Å². The summed E-state index contributed by atoms with van der Waals surface area (Å²) in [6.07, 6.45) is 1.17. The minimum absolute atomic E-state index is 0.259. The highest BCUT2D eigenvalue weighted by Crippen LogP contribution is 2.12. The van der Waals surface area contributed by atoms with Crippen molar-refractivity contribution in [2.75, 3.05) is 45.0 Å². The van der Waals surface area contributed by atoms with Crippen LogP contribution in [-0.2, 0) is 10.0 Å². The maximum Gasteiger partial charge on any atom is 0.214 e. The van der Waals surface area contributed by atoms with E-state index in [1.807, 2.05) is 11.8 Å². The minimum atomic E-state index is -3.04. The SMILES string of the molecule is CCNC(=NCCN1CCCS1(=O)=O)N1CC[C@@H](O)C1. The van der Waals surface area contributed by atoms with Gasteiger partial charge in [0, 0.05) is 32.7 Å². The first-order valence-electron chi connectivity index (χ1n) is 7.22. The normalized spacial score (nSPS) is 27.2. The lowest BCUT2D eigenvalue weighted by molar-refractivity contribution is 0.188. The van der Waals surface area contributed by atoms with Gasteiger partial charge in [0.05, 0.1) is 18.4 Å². The fourth-order valence-corrected chi connectivity index (χ4v) is 4.09. The number of nitrogens with one attached hydrogen (secondary N) is 1. The Labute approximate surface area is 120 Å². The van der Waals surface area contributed by atoms with Gasteiger partial charge in [0.15, 0.2) is 5.96 Å². The molecule has 8 heteroatoms. The van der Waals surface area contributed by atoms with Crippen LogP contribution in [0.2, 0.25) is 0 Å². The molecule has 0 aliphatic carbocycles. The molecule has 1 atom stereocenters. The van der Waals surface area contributed by atoms with Crippen LogP contribution in [0.4, 0.5) is 0 Å². The molecule has 0 aromatic carbocycles. The Hall–Kier alpha value is -0.860. The Kier molecular flexibility index (Phi) is 5.22. The summed E-state index contributed by atoms with van der Waals surface area (Å²) >= 11 is 0. The van der Waals surface area contributed by atoms with Gasteiger partial charge < -0.3 is 15.3 Å². The molecular weight excluding hydrogens is 280 g/mol. The van der Waals surface area contributed by atoms with Crippen LogP contribution >= 0.6 is 0 Å². The summed E-state index contributed by atoms with van der Waals surface area (Å²) < 4.78 is 24.9. The zero-order valence-corrected chi connectivity index (χ0v) is 12.8. The molecule has 2 rings (SSSR count). The van der Waals surface area contributed by atoms with E-state index in [2.05, 4.69) is 10.3 Å². The predicted molar refractivity (Wildman–Crippen MR) is 78.2 cm³/mol. The van der Waals surface area contributed by atoms with E-state index in [0.717, 1.165) is 25.5 Å². The third-order valence-electron chi connectivity index (χ3n) is 3.61. The Bertz CT molecular complexity index is 452. The lowest BCUT2D eigenvalue weighted by Gasteiger charge is -2.21. The van der Waals surface area contributed by atoms with Gasteiger partial charge in [-0.15, -0.1) is 0 Å². The number of aliphatic hydroxyl groups excluding tert-OH is 1. The van der Waals surface area contributed by atoms with Gasteiger partial charge in [-0.3, -0.25) is 4.99 Å². The molecular formula is C12H24N4O3S. The summed E-state index contributed by atoms with van der Waals surface area (Å²) in [7, 11) is -3.04. The molecule has 0 amide bonds. The molecule has 0 bridgehead atoms. The van der Waals surface area contributed by atoms with Gasteiger partial charge in [0.1, 0.15) is 0 Å². The number of aliphatic imine (C=N–C) groups is 1. The van der Waals surface area contributed by atoms with Gasteiger partial charge in [0.2, 0.25) is 10.0 Å². The number of β-amino-alcohol motifs (C(OH)–C–C–N with tert-alkyl or cyclic N) is 1. The molecule has 0 radical (unpaired) electrons. The Balaban J connectivity index is 1.89. The molecule has 2 N–H and O–H groups in total.